The molecule has 0 saturated heterocycles. The Bertz CT molecular complexity index is 483. The van der Waals surface area contributed by atoms with Gasteiger partial charge in [0.2, 0.25) is 0 Å². The van der Waals surface area contributed by atoms with E-state index < -0.39 is 70.4 Å². The van der Waals surface area contributed by atoms with Gasteiger partial charge in [0, 0.05) is 131 Å². The summed E-state index contributed by atoms with van der Waals surface area (Å²) < 4.78 is 35.6. The molecule has 8 radical (unpaired) electrons. The van der Waals surface area contributed by atoms with Crippen LogP contribution in [0.15, 0.2) is 0 Å². The smallest absolute Gasteiger partial charge is 0.360 e. The Labute approximate surface area is 324 Å². The molecule has 0 atom stereocenters. The van der Waals surface area contributed by atoms with E-state index in [1.54, 1.807) is 0 Å². The summed E-state index contributed by atoms with van der Waals surface area (Å²) in [6, 6.07) is 0. The standard InChI is InChI=1S/C9H27O3Si4.C7H21O3Si4.4Y/c1-13(10-14(2,3)4)11-16(8,9)12-15(5,6)7;1-11(2)8-13(5)10-14(6,7)9-12(3)4;;;;/h1-9H3;1-7H3;;;;. The monoisotopic (exact) mass is 916 g/mol. The summed E-state index contributed by atoms with van der Waals surface area (Å²) in [6.07, 6.45) is 0. The fourth-order valence-electron chi connectivity index (χ4n) is 2.72. The Morgan fingerprint density at radius 3 is 1.09 bits per heavy atom. The number of hydrogen-bond donors (Lipinski definition) is 0. The molecule has 0 unspecified atom stereocenters. The predicted octanol–water partition coefficient (Wildman–Crippen LogP) is 5.87. The van der Waals surface area contributed by atoms with Gasteiger partial charge in [0.05, 0.1) is 0 Å². The summed E-state index contributed by atoms with van der Waals surface area (Å²) in [5, 5.41) is 0. The SMILES string of the molecule is C[Si](C)O[Si](C)O[Si](C)(C)O[Si](C)C.C[Si](O[Si](C)(C)C)O[Si](C)(C)O[Si](C)(C)C.[Y].[Y].[Y].[Y]. The second kappa shape index (κ2) is 24.4. The Morgan fingerprint density at radius 1 is 0.412 bits per heavy atom. The fourth-order valence-corrected chi connectivity index (χ4v) is 26.0. The van der Waals surface area contributed by atoms with Gasteiger partial charge in [-0.05, 0) is 105 Å². The van der Waals surface area contributed by atoms with Crippen LogP contribution in [0.3, 0.4) is 0 Å². The zero-order valence-corrected chi connectivity index (χ0v) is 44.1. The van der Waals surface area contributed by atoms with E-state index in [9.17, 15) is 0 Å². The predicted molar refractivity (Wildman–Crippen MR) is 146 cm³/mol. The molecule has 18 heteroatoms. The van der Waals surface area contributed by atoms with Crippen molar-refractivity contribution in [3.8, 4) is 0 Å². The summed E-state index contributed by atoms with van der Waals surface area (Å²) in [4.78, 5) is 0. The molecule has 0 fully saturated rings. The molecular weight excluding hydrogens is 868 g/mol. The van der Waals surface area contributed by atoms with E-state index >= 15 is 0 Å². The molecule has 0 bridgehead atoms. The largest absolute Gasteiger partial charge is 0.437 e. The Kier molecular flexibility index (Phi) is 37.7. The first-order valence-corrected chi connectivity index (χ1v) is 31.3. The van der Waals surface area contributed by atoms with Crippen LogP contribution >= 0.6 is 0 Å². The molecular formula is C16H48O6Si8Y4. The van der Waals surface area contributed by atoms with Crippen molar-refractivity contribution in [3.63, 3.8) is 0 Å². The molecule has 0 aromatic carbocycles. The molecule has 0 aliphatic heterocycles. The first kappa shape index (κ1) is 52.5. The van der Waals surface area contributed by atoms with E-state index in [-0.39, 0.29) is 131 Å². The van der Waals surface area contributed by atoms with E-state index in [0.29, 0.717) is 0 Å². The van der Waals surface area contributed by atoms with Gasteiger partial charge in [0.1, 0.15) is 0 Å². The molecule has 0 saturated carbocycles. The van der Waals surface area contributed by atoms with Crippen LogP contribution in [0.1, 0.15) is 0 Å². The van der Waals surface area contributed by atoms with Crippen molar-refractivity contribution in [1.29, 1.82) is 0 Å². The molecule has 0 N–H and O–H groups in total. The van der Waals surface area contributed by atoms with E-state index in [4.69, 9.17) is 24.7 Å². The average molecular weight is 917 g/mol. The van der Waals surface area contributed by atoms with Gasteiger partial charge in [-0.15, -0.1) is 0 Å². The van der Waals surface area contributed by atoms with E-state index in [1.807, 2.05) is 0 Å². The van der Waals surface area contributed by atoms with E-state index in [0.717, 1.165) is 0 Å². The third-order valence-electron chi connectivity index (χ3n) is 2.58. The summed E-state index contributed by atoms with van der Waals surface area (Å²) in [5.41, 5.74) is 0. The Balaban J connectivity index is -0.000000104. The molecule has 0 spiro atoms. The zero-order chi connectivity index (χ0) is 24.6. The Hall–Kier alpha value is 5.91. The van der Waals surface area contributed by atoms with Crippen molar-refractivity contribution in [1.82, 2.24) is 0 Å². The average Bonchev–Trinajstić information content (AvgIpc) is 2.27. The van der Waals surface area contributed by atoms with Gasteiger partial charge in [-0.2, -0.15) is 0 Å². The first-order chi connectivity index (χ1) is 13.0. The van der Waals surface area contributed by atoms with Gasteiger partial charge in [0.15, 0.2) is 34.7 Å². The minimum absolute atomic E-state index is 0. The fraction of sp³-hybridized carbons (Fsp3) is 1.00. The van der Waals surface area contributed by atoms with Crippen molar-refractivity contribution >= 4 is 70.4 Å². The van der Waals surface area contributed by atoms with Gasteiger partial charge in [-0.1, -0.05) is 0 Å². The summed E-state index contributed by atoms with van der Waals surface area (Å²) in [5.74, 6) is 0. The van der Waals surface area contributed by atoms with Crippen molar-refractivity contribution in [2.24, 2.45) is 0 Å². The second-order valence-corrected chi connectivity index (χ2v) is 35.0. The van der Waals surface area contributed by atoms with Crippen LogP contribution in [-0.4, -0.2) is 70.4 Å². The van der Waals surface area contributed by atoms with E-state index in [2.05, 4.69) is 105 Å². The van der Waals surface area contributed by atoms with E-state index in [1.165, 1.54) is 0 Å². The van der Waals surface area contributed by atoms with Crippen LogP contribution in [0.4, 0.5) is 0 Å². The molecule has 6 nitrogen and oxygen atoms in total. The summed E-state index contributed by atoms with van der Waals surface area (Å²) in [6.45, 7) is 34.3. The molecule has 0 aromatic rings. The van der Waals surface area contributed by atoms with Crippen LogP contribution in [0.2, 0.25) is 105 Å². The number of rotatable bonds is 12. The van der Waals surface area contributed by atoms with Gasteiger partial charge in [-0.25, -0.2) is 0 Å². The van der Waals surface area contributed by atoms with Gasteiger partial charge >= 0.3 is 35.7 Å². The summed E-state index contributed by atoms with van der Waals surface area (Å²) >= 11 is 0. The minimum atomic E-state index is -2.00. The molecule has 0 aliphatic carbocycles. The van der Waals surface area contributed by atoms with Crippen LogP contribution in [0.5, 0.6) is 0 Å². The molecule has 0 aliphatic rings. The molecule has 0 amide bonds. The van der Waals surface area contributed by atoms with Gasteiger partial charge in [-0.3, -0.25) is 0 Å². The molecule has 0 heterocycles. The van der Waals surface area contributed by atoms with Crippen LogP contribution < -0.4 is 0 Å². The molecule has 34 heavy (non-hydrogen) atoms. The van der Waals surface area contributed by atoms with Gasteiger partial charge < -0.3 is 24.7 Å². The maximum absolute atomic E-state index is 6.13. The Morgan fingerprint density at radius 2 is 0.794 bits per heavy atom. The minimum Gasteiger partial charge on any atom is -0.437 e. The maximum Gasteiger partial charge on any atom is 0.360 e. The number of hydrogen-bond acceptors (Lipinski definition) is 6. The first-order valence-electron chi connectivity index (χ1n) is 10.4. The van der Waals surface area contributed by atoms with Crippen LogP contribution in [-0.2, 0) is 156 Å². The van der Waals surface area contributed by atoms with Crippen molar-refractivity contribution in [2.45, 2.75) is 105 Å². The maximum atomic E-state index is 6.13. The molecule has 192 valence electrons. The quantitative estimate of drug-likeness (QED) is 0.229. The van der Waals surface area contributed by atoms with Gasteiger partial charge in [0.25, 0.3) is 0 Å². The van der Waals surface area contributed by atoms with Crippen molar-refractivity contribution in [3.05, 3.63) is 0 Å². The normalized spacial score (nSPS) is 12.4. The van der Waals surface area contributed by atoms with Crippen molar-refractivity contribution in [2.75, 3.05) is 0 Å². The molecule has 0 rings (SSSR count). The molecule has 0 aromatic heterocycles. The van der Waals surface area contributed by atoms with Crippen molar-refractivity contribution < 1.29 is 156 Å². The summed E-state index contributed by atoms with van der Waals surface area (Å²) in [7, 11) is -10.4. The van der Waals surface area contributed by atoms with Crippen LogP contribution in [0, 0.1) is 0 Å². The zero-order valence-electron chi connectivity index (χ0n) is 24.8. The topological polar surface area (TPSA) is 55.4 Å². The second-order valence-electron chi connectivity index (χ2n) is 10.4. The third kappa shape index (κ3) is 40.1. The van der Waals surface area contributed by atoms with Crippen LogP contribution in [0.25, 0.3) is 0 Å². The third-order valence-corrected chi connectivity index (χ3v) is 23.2.